The smallest absolute Gasteiger partial charge is 0.219 e. The minimum atomic E-state index is -0.317. The van der Waals surface area contributed by atoms with E-state index in [9.17, 15) is 14.0 Å². The van der Waals surface area contributed by atoms with Gasteiger partial charge in [-0.2, -0.15) is 0 Å². The third kappa shape index (κ3) is 4.98. The van der Waals surface area contributed by atoms with Crippen molar-refractivity contribution in [2.45, 2.75) is 45.1 Å². The molecule has 6 nitrogen and oxygen atoms in total. The largest absolute Gasteiger partial charge is 0.356 e. The molecule has 33 heavy (non-hydrogen) atoms. The summed E-state index contributed by atoms with van der Waals surface area (Å²) in [4.78, 5) is 30.6. The van der Waals surface area contributed by atoms with Gasteiger partial charge < -0.3 is 14.3 Å². The number of carbonyl (C=O) groups excluding carboxylic acids is 2. The molecule has 0 N–H and O–H groups in total. The highest BCUT2D eigenvalue weighted by Gasteiger charge is 2.26. The Morgan fingerprint density at radius 3 is 2.76 bits per heavy atom. The van der Waals surface area contributed by atoms with Gasteiger partial charge in [0.05, 0.1) is 17.1 Å². The molecule has 1 fully saturated rings. The van der Waals surface area contributed by atoms with Crippen molar-refractivity contribution in [2.75, 3.05) is 26.2 Å². The molecule has 2 aromatic heterocycles. The van der Waals surface area contributed by atoms with E-state index in [0.29, 0.717) is 24.5 Å². The molecule has 4 heterocycles. The van der Waals surface area contributed by atoms with Gasteiger partial charge in [-0.1, -0.05) is 5.16 Å². The number of hydrogen-bond acceptors (Lipinski definition) is 6. The zero-order valence-electron chi connectivity index (χ0n) is 18.5. The molecule has 9 heteroatoms. The van der Waals surface area contributed by atoms with Crippen LogP contribution in [0.3, 0.4) is 0 Å². The van der Waals surface area contributed by atoms with Crippen molar-refractivity contribution in [3.05, 3.63) is 51.1 Å². The van der Waals surface area contributed by atoms with Gasteiger partial charge in [-0.05, 0) is 56.1 Å². The van der Waals surface area contributed by atoms with Gasteiger partial charge in [-0.3, -0.25) is 9.59 Å². The summed E-state index contributed by atoms with van der Waals surface area (Å²) < 4.78 is 18.7. The lowest BCUT2D eigenvalue weighted by molar-refractivity contribution is -0.129. The van der Waals surface area contributed by atoms with E-state index >= 15 is 0 Å². The van der Waals surface area contributed by atoms with Gasteiger partial charge in [-0.25, -0.2) is 4.39 Å². The minimum Gasteiger partial charge on any atom is -0.356 e. The monoisotopic (exact) mass is 491 g/mol. The lowest BCUT2D eigenvalue weighted by Crippen LogP contribution is -2.34. The lowest BCUT2D eigenvalue weighted by Gasteiger charge is -2.30. The first kappa shape index (κ1) is 23.9. The molecule has 0 unspecified atom stereocenters. The second kappa shape index (κ2) is 9.91. The summed E-state index contributed by atoms with van der Waals surface area (Å²) in [6.45, 7) is 5.51. The van der Waals surface area contributed by atoms with E-state index in [2.05, 4.69) is 10.1 Å². The maximum absolute atomic E-state index is 13.4. The van der Waals surface area contributed by atoms with Gasteiger partial charge in [-0.15, -0.1) is 23.7 Å². The minimum absolute atomic E-state index is 0. The number of likely N-dealkylation sites (tertiary alicyclic amines) is 1. The van der Waals surface area contributed by atoms with Crippen molar-refractivity contribution in [3.63, 3.8) is 0 Å². The van der Waals surface area contributed by atoms with E-state index < -0.39 is 0 Å². The molecule has 2 aliphatic heterocycles. The number of hydrogen-bond donors (Lipinski definition) is 0. The van der Waals surface area contributed by atoms with Gasteiger partial charge in [0.2, 0.25) is 5.91 Å². The lowest BCUT2D eigenvalue weighted by atomic mass is 9.91. The highest BCUT2D eigenvalue weighted by atomic mass is 35.5. The fourth-order valence-corrected chi connectivity index (χ4v) is 5.96. The molecule has 2 aliphatic rings. The third-order valence-electron chi connectivity index (χ3n) is 6.69. The van der Waals surface area contributed by atoms with E-state index in [4.69, 9.17) is 4.52 Å². The van der Waals surface area contributed by atoms with E-state index in [1.807, 2.05) is 11.0 Å². The molecule has 0 aliphatic carbocycles. The SMILES string of the molecule is CC(=O)N1CCc2cc(C(=O)CCN3CCC(c4noc5cc(F)ccc45)CC3)sc2C1.Cl. The molecule has 1 saturated heterocycles. The van der Waals surface area contributed by atoms with Crippen molar-refractivity contribution < 1.29 is 18.5 Å². The number of nitrogens with zero attached hydrogens (tertiary/aromatic N) is 3. The van der Waals surface area contributed by atoms with Crippen LogP contribution in [0.15, 0.2) is 28.8 Å². The Morgan fingerprint density at radius 1 is 1.21 bits per heavy atom. The van der Waals surface area contributed by atoms with Crippen molar-refractivity contribution in [1.82, 2.24) is 15.0 Å². The zero-order valence-corrected chi connectivity index (χ0v) is 20.1. The Morgan fingerprint density at radius 2 is 2.00 bits per heavy atom. The Kier molecular flexibility index (Phi) is 7.16. The van der Waals surface area contributed by atoms with Crippen molar-refractivity contribution >= 4 is 46.4 Å². The van der Waals surface area contributed by atoms with Crippen LogP contribution in [-0.2, 0) is 17.8 Å². The van der Waals surface area contributed by atoms with Gasteiger partial charge in [0.1, 0.15) is 5.82 Å². The number of aromatic nitrogens is 1. The number of ketones is 1. The number of benzene rings is 1. The molecule has 176 valence electrons. The number of piperidine rings is 1. The van der Waals surface area contributed by atoms with Crippen LogP contribution in [0.1, 0.15) is 57.9 Å². The number of Topliss-reactive ketones (excluding diaryl/α,β-unsaturated/α-hetero) is 1. The van der Waals surface area contributed by atoms with Gasteiger partial charge in [0.15, 0.2) is 11.4 Å². The third-order valence-corrected chi connectivity index (χ3v) is 7.90. The summed E-state index contributed by atoms with van der Waals surface area (Å²) in [6.07, 6.45) is 3.23. The van der Waals surface area contributed by atoms with E-state index in [1.165, 1.54) is 17.7 Å². The first-order valence-electron chi connectivity index (χ1n) is 11.2. The predicted molar refractivity (Wildman–Crippen MR) is 128 cm³/mol. The maximum Gasteiger partial charge on any atom is 0.219 e. The average Bonchev–Trinajstić information content (AvgIpc) is 3.41. The van der Waals surface area contributed by atoms with Crippen LogP contribution in [0.4, 0.5) is 4.39 Å². The van der Waals surface area contributed by atoms with Crippen LogP contribution in [0.2, 0.25) is 0 Å². The standard InChI is InChI=1S/C24H26FN3O3S.ClH/c1-15(29)28-11-6-17-12-22(32-23(17)14-28)20(30)7-10-27-8-4-16(5-9-27)24-19-3-2-18(25)13-21(19)31-26-24;/h2-3,12-13,16H,4-11,14H2,1H3;1H. The van der Waals surface area contributed by atoms with E-state index in [1.54, 1.807) is 24.3 Å². The first-order valence-corrected chi connectivity index (χ1v) is 12.0. The summed E-state index contributed by atoms with van der Waals surface area (Å²) in [6, 6.07) is 6.61. The summed E-state index contributed by atoms with van der Waals surface area (Å²) in [5.74, 6) is 0.251. The molecular weight excluding hydrogens is 465 g/mol. The Balaban J connectivity index is 0.00000259. The van der Waals surface area contributed by atoms with Crippen LogP contribution in [0.5, 0.6) is 0 Å². The molecule has 0 radical (unpaired) electrons. The number of carbonyl (C=O) groups is 2. The zero-order chi connectivity index (χ0) is 22.2. The van der Waals surface area contributed by atoms with Gasteiger partial charge in [0, 0.05) is 48.7 Å². The van der Waals surface area contributed by atoms with Crippen LogP contribution >= 0.6 is 23.7 Å². The van der Waals surface area contributed by atoms with E-state index in [-0.39, 0.29) is 29.9 Å². The number of thiophene rings is 1. The number of halogens is 2. The molecule has 0 spiro atoms. The van der Waals surface area contributed by atoms with Gasteiger partial charge >= 0.3 is 0 Å². The summed E-state index contributed by atoms with van der Waals surface area (Å²) >= 11 is 1.54. The Bertz CT molecular complexity index is 1170. The maximum atomic E-state index is 13.4. The first-order chi connectivity index (χ1) is 15.5. The Labute approximate surface area is 202 Å². The molecule has 1 aromatic carbocycles. The van der Waals surface area contributed by atoms with Gasteiger partial charge in [0.25, 0.3) is 0 Å². The number of fused-ring (bicyclic) bond motifs is 2. The Hall–Kier alpha value is -2.29. The molecular formula is C24H27ClFN3O3S. The molecule has 0 saturated carbocycles. The summed E-state index contributed by atoms with van der Waals surface area (Å²) in [5, 5.41) is 5.10. The van der Waals surface area contributed by atoms with Crippen molar-refractivity contribution in [2.24, 2.45) is 0 Å². The quantitative estimate of drug-likeness (QED) is 0.479. The topological polar surface area (TPSA) is 66.7 Å². The molecule has 1 amide bonds. The molecule has 3 aromatic rings. The fraction of sp³-hybridized carbons (Fsp3) is 0.458. The van der Waals surface area contributed by atoms with Crippen LogP contribution in [-0.4, -0.2) is 52.8 Å². The van der Waals surface area contributed by atoms with Crippen molar-refractivity contribution in [1.29, 1.82) is 0 Å². The summed E-state index contributed by atoms with van der Waals surface area (Å²) in [5.41, 5.74) is 2.63. The van der Waals surface area contributed by atoms with E-state index in [0.717, 1.165) is 66.3 Å². The number of rotatable bonds is 5. The number of amides is 1. The highest BCUT2D eigenvalue weighted by Crippen LogP contribution is 2.33. The second-order valence-electron chi connectivity index (χ2n) is 8.75. The predicted octanol–water partition coefficient (Wildman–Crippen LogP) is 4.81. The van der Waals surface area contributed by atoms with Crippen LogP contribution < -0.4 is 0 Å². The highest BCUT2D eigenvalue weighted by molar-refractivity contribution is 7.14. The second-order valence-corrected chi connectivity index (χ2v) is 9.88. The van der Waals surface area contributed by atoms with Crippen molar-refractivity contribution in [3.8, 4) is 0 Å². The normalized spacial score (nSPS) is 17.1. The fourth-order valence-electron chi connectivity index (χ4n) is 4.76. The molecule has 0 bridgehead atoms. The average molecular weight is 492 g/mol. The molecule has 5 rings (SSSR count). The molecule has 0 atom stereocenters. The van der Waals surface area contributed by atoms with Crippen LogP contribution in [0, 0.1) is 5.82 Å². The van der Waals surface area contributed by atoms with Crippen LogP contribution in [0.25, 0.3) is 11.0 Å². The summed E-state index contributed by atoms with van der Waals surface area (Å²) in [7, 11) is 0.